The van der Waals surface area contributed by atoms with Crippen LogP contribution in [0.4, 0.5) is 0 Å². The number of hydrogen-bond acceptors (Lipinski definition) is 12. The summed E-state index contributed by atoms with van der Waals surface area (Å²) in [6.07, 6.45) is 0. The molecule has 0 spiro atoms. The van der Waals surface area contributed by atoms with Crippen molar-refractivity contribution in [2.24, 2.45) is 21.4 Å². The van der Waals surface area contributed by atoms with E-state index in [2.05, 4.69) is 0 Å². The second-order valence-corrected chi connectivity index (χ2v) is 0.298. The summed E-state index contributed by atoms with van der Waals surface area (Å²) in [5.41, 5.74) is 0. The third kappa shape index (κ3) is 1170. The van der Waals surface area contributed by atoms with E-state index in [9.17, 15) is 0 Å². The normalized spacial score (nSPS) is 3.20. The molecule has 12 nitrogen and oxygen atoms in total. The van der Waals surface area contributed by atoms with E-state index < -0.39 is 0 Å². The van der Waals surface area contributed by atoms with Gasteiger partial charge in [-0.2, -0.15) is 0 Å². The van der Waals surface area contributed by atoms with Gasteiger partial charge in [-0.3, -0.25) is 0 Å². The van der Waals surface area contributed by atoms with Crippen LogP contribution in [0.25, 0.3) is 0 Å². The molecule has 15 heavy (non-hydrogen) atoms. The quantitative estimate of drug-likeness (QED) is 0.195. The summed E-state index contributed by atoms with van der Waals surface area (Å²) in [6, 6.07) is 0. The molecule has 0 aromatic carbocycles. The second kappa shape index (κ2) is 107. The van der Waals surface area contributed by atoms with Gasteiger partial charge in [0.05, 0.1) is 0 Å². The van der Waals surface area contributed by atoms with Gasteiger partial charge >= 0.3 is 103 Å². The SMILES string of the molecule is O=N[O-].O=N[O-].O=N[O-].O=N[O-].[K+].[K+].[Pt]. The van der Waals surface area contributed by atoms with E-state index in [1.165, 1.54) is 0 Å². The van der Waals surface area contributed by atoms with Gasteiger partial charge in [0.15, 0.2) is 0 Å². The van der Waals surface area contributed by atoms with Crippen LogP contribution in [0.5, 0.6) is 0 Å². The molecule has 0 amide bonds. The number of nitrogens with zero attached hydrogens (tertiary/aromatic N) is 4. The van der Waals surface area contributed by atoms with E-state index in [4.69, 9.17) is 40.5 Å². The van der Waals surface area contributed by atoms with Crippen LogP contribution >= 0.6 is 0 Å². The van der Waals surface area contributed by atoms with Gasteiger partial charge in [-0.25, -0.2) is 0 Å². The Morgan fingerprint density at radius 2 is 0.533 bits per heavy atom. The van der Waals surface area contributed by atoms with Crippen LogP contribution < -0.4 is 103 Å². The third-order valence-corrected chi connectivity index (χ3v) is 0. The van der Waals surface area contributed by atoms with Gasteiger partial charge in [0, 0.05) is 21.1 Å². The molecular formula is K2N4O8Pt-2. The van der Waals surface area contributed by atoms with Crippen molar-refractivity contribution in [3.63, 3.8) is 0 Å². The van der Waals surface area contributed by atoms with Gasteiger partial charge in [0.1, 0.15) is 0 Å². The average Bonchev–Trinajstić information content (AvgIpc) is 1.92. The van der Waals surface area contributed by atoms with Crippen molar-refractivity contribution >= 4 is 0 Å². The standard InChI is InChI=1S/2K.4HNO2.Pt/c;;4*2-1-3;/h;;4*(H,2,3);/q2*+1;;;;;/p-4. The van der Waals surface area contributed by atoms with Crippen molar-refractivity contribution in [1.29, 1.82) is 0 Å². The molecule has 0 heterocycles. The molecule has 0 aliphatic carbocycles. The van der Waals surface area contributed by atoms with Crippen LogP contribution in [0.1, 0.15) is 0 Å². The zero-order chi connectivity index (χ0) is 10.8. The van der Waals surface area contributed by atoms with Crippen molar-refractivity contribution in [2.75, 3.05) is 0 Å². The monoisotopic (exact) mass is 457 g/mol. The molecule has 82 valence electrons. The fourth-order valence-corrected chi connectivity index (χ4v) is 0. The Bertz CT molecular complexity index is 78.6. The zero-order valence-corrected chi connectivity index (χ0v) is 15.9. The van der Waals surface area contributed by atoms with E-state index in [1.807, 2.05) is 0 Å². The Morgan fingerprint density at radius 1 is 0.533 bits per heavy atom. The maximum atomic E-state index is 8.00. The van der Waals surface area contributed by atoms with Gasteiger partial charge < -0.3 is 40.5 Å². The summed E-state index contributed by atoms with van der Waals surface area (Å²) in [6.45, 7) is 0. The summed E-state index contributed by atoms with van der Waals surface area (Å²) in [5.74, 6) is 0. The summed E-state index contributed by atoms with van der Waals surface area (Å²) in [4.78, 5) is 32.0. The molecule has 0 aliphatic heterocycles. The van der Waals surface area contributed by atoms with E-state index in [1.54, 1.807) is 0 Å². The predicted octanol–water partition coefficient (Wildman–Crippen LogP) is -4.99. The topological polar surface area (TPSA) is 210 Å². The maximum Gasteiger partial charge on any atom is 1.00 e. The largest absolute Gasteiger partial charge is 1.00 e. The number of rotatable bonds is 0. The molecule has 0 N–H and O–H groups in total. The molecule has 0 radical (unpaired) electrons. The predicted molar refractivity (Wildman–Crippen MR) is 36.6 cm³/mol. The Kier molecular flexibility index (Phi) is 312. The first-order valence-electron chi connectivity index (χ1n) is 1.46. The van der Waals surface area contributed by atoms with Crippen molar-refractivity contribution in [3.05, 3.63) is 40.5 Å². The first-order valence-corrected chi connectivity index (χ1v) is 1.46. The Balaban J connectivity index is -0.0000000107. The van der Waals surface area contributed by atoms with Crippen molar-refractivity contribution < 1.29 is 124 Å². The van der Waals surface area contributed by atoms with Gasteiger partial charge in [-0.05, 0) is 0 Å². The molecule has 0 aromatic heterocycles. The molecule has 0 saturated heterocycles. The first-order chi connectivity index (χ1) is 5.66. The minimum Gasteiger partial charge on any atom is -0.444 e. The molecule has 0 aromatic rings. The van der Waals surface area contributed by atoms with Gasteiger partial charge in [-0.15, -0.1) is 21.4 Å². The molecular weight excluding hydrogens is 457 g/mol. The minimum absolute atomic E-state index is 0. The zero-order valence-electron chi connectivity index (χ0n) is 7.37. The van der Waals surface area contributed by atoms with Crippen LogP contribution in [-0.4, -0.2) is 0 Å². The molecule has 0 aliphatic rings. The Morgan fingerprint density at radius 3 is 0.533 bits per heavy atom. The van der Waals surface area contributed by atoms with E-state index in [0.717, 1.165) is 21.4 Å². The molecule has 0 fully saturated rings. The van der Waals surface area contributed by atoms with Crippen LogP contribution in [0.15, 0.2) is 21.4 Å². The second-order valence-electron chi connectivity index (χ2n) is 0.298. The fourth-order valence-electron chi connectivity index (χ4n) is 0. The fraction of sp³-hybridized carbons (Fsp3) is 0. The summed E-state index contributed by atoms with van der Waals surface area (Å²) in [7, 11) is 0. The van der Waals surface area contributed by atoms with E-state index >= 15 is 0 Å². The van der Waals surface area contributed by atoms with Crippen molar-refractivity contribution in [2.45, 2.75) is 0 Å². The first kappa shape index (κ1) is 43.9. The van der Waals surface area contributed by atoms with Crippen LogP contribution in [-0.2, 0) is 21.1 Å². The molecule has 0 bridgehead atoms. The molecule has 15 heteroatoms. The van der Waals surface area contributed by atoms with E-state index in [-0.39, 0.29) is 124 Å². The summed E-state index contributed by atoms with van der Waals surface area (Å²) < 4.78 is 0. The Hall–Kier alpha value is 1.56. The van der Waals surface area contributed by atoms with Gasteiger partial charge in [-0.1, -0.05) is 0 Å². The summed E-state index contributed by atoms with van der Waals surface area (Å²) >= 11 is 0. The molecule has 0 rings (SSSR count). The van der Waals surface area contributed by atoms with Crippen LogP contribution in [0.3, 0.4) is 0 Å². The summed E-state index contributed by atoms with van der Waals surface area (Å²) in [5, 5.41) is 36.0. The number of hydrogen-bond donors (Lipinski definition) is 0. The maximum absolute atomic E-state index is 8.00. The third-order valence-electron chi connectivity index (χ3n) is 0. The van der Waals surface area contributed by atoms with E-state index in [0.29, 0.717) is 0 Å². The Labute approximate surface area is 181 Å². The molecule has 0 unspecified atom stereocenters. The molecule has 0 atom stereocenters. The molecule has 0 saturated carbocycles. The van der Waals surface area contributed by atoms with Gasteiger partial charge in [0.2, 0.25) is 0 Å². The van der Waals surface area contributed by atoms with Gasteiger partial charge in [0.25, 0.3) is 0 Å². The smallest absolute Gasteiger partial charge is 0.444 e. The minimum atomic E-state index is 0. The van der Waals surface area contributed by atoms with Crippen LogP contribution in [0, 0.1) is 40.5 Å². The van der Waals surface area contributed by atoms with Crippen molar-refractivity contribution in [3.8, 4) is 0 Å². The van der Waals surface area contributed by atoms with Crippen LogP contribution in [0.2, 0.25) is 0 Å². The average molecular weight is 457 g/mol. The van der Waals surface area contributed by atoms with Crippen molar-refractivity contribution in [1.82, 2.24) is 0 Å².